The number of rotatable bonds is 5. The minimum atomic E-state index is 0.766. The largest absolute Gasteiger partial charge is 0.497 e. The van der Waals surface area contributed by atoms with Crippen LogP contribution in [0.5, 0.6) is 11.5 Å². The van der Waals surface area contributed by atoms with E-state index < -0.39 is 0 Å². The third-order valence-corrected chi connectivity index (χ3v) is 4.38. The molecule has 3 unspecified atom stereocenters. The van der Waals surface area contributed by atoms with E-state index in [0.29, 0.717) is 0 Å². The van der Waals surface area contributed by atoms with Crippen molar-refractivity contribution in [2.75, 3.05) is 26.1 Å². The third kappa shape index (κ3) is 2.42. The average Bonchev–Trinajstić information content (AvgIpc) is 3.07. The number of fused-ring (bicyclic) bond motifs is 2. The lowest BCUT2D eigenvalue weighted by Crippen LogP contribution is -2.18. The molecule has 0 spiro atoms. The van der Waals surface area contributed by atoms with Crippen molar-refractivity contribution >= 4 is 5.69 Å². The number of ether oxygens (including phenoxy) is 2. The zero-order valence-corrected chi connectivity index (χ0v) is 11.6. The lowest BCUT2D eigenvalue weighted by atomic mass is 9.93. The second-order valence-corrected chi connectivity index (χ2v) is 5.49. The number of anilines is 1. The molecule has 3 atom stereocenters. The van der Waals surface area contributed by atoms with Gasteiger partial charge >= 0.3 is 0 Å². The molecule has 3 nitrogen and oxygen atoms in total. The number of hydrogen-bond donors (Lipinski definition) is 1. The molecular weight excluding hydrogens is 238 g/mol. The first-order valence-corrected chi connectivity index (χ1v) is 6.94. The molecule has 0 saturated heterocycles. The molecule has 2 aliphatic carbocycles. The van der Waals surface area contributed by atoms with Gasteiger partial charge in [-0.2, -0.15) is 0 Å². The van der Waals surface area contributed by atoms with Crippen molar-refractivity contribution in [3.05, 3.63) is 30.4 Å². The summed E-state index contributed by atoms with van der Waals surface area (Å²) in [5.41, 5.74) is 1.05. The van der Waals surface area contributed by atoms with Gasteiger partial charge in [0.2, 0.25) is 0 Å². The summed E-state index contributed by atoms with van der Waals surface area (Å²) in [5.74, 6) is 4.04. The van der Waals surface area contributed by atoms with Crippen LogP contribution in [0.4, 0.5) is 5.69 Å². The van der Waals surface area contributed by atoms with E-state index in [1.165, 1.54) is 12.8 Å². The number of allylic oxidation sites excluding steroid dienone is 2. The van der Waals surface area contributed by atoms with Crippen LogP contribution >= 0.6 is 0 Å². The topological polar surface area (TPSA) is 30.5 Å². The fraction of sp³-hybridized carbons (Fsp3) is 0.500. The smallest absolute Gasteiger partial charge is 0.145 e. The van der Waals surface area contributed by atoms with Crippen LogP contribution in [0.1, 0.15) is 12.8 Å². The van der Waals surface area contributed by atoms with Crippen molar-refractivity contribution in [3.8, 4) is 11.5 Å². The first kappa shape index (κ1) is 12.4. The maximum Gasteiger partial charge on any atom is 0.145 e. The van der Waals surface area contributed by atoms with Gasteiger partial charge in [0.15, 0.2) is 0 Å². The molecule has 1 saturated carbocycles. The summed E-state index contributed by atoms with van der Waals surface area (Å²) in [6, 6.07) is 5.91. The van der Waals surface area contributed by atoms with Crippen LogP contribution < -0.4 is 14.8 Å². The van der Waals surface area contributed by atoms with Gasteiger partial charge in [0.25, 0.3) is 0 Å². The predicted octanol–water partition coefficient (Wildman–Crippen LogP) is 3.33. The van der Waals surface area contributed by atoms with Gasteiger partial charge < -0.3 is 14.8 Å². The third-order valence-electron chi connectivity index (χ3n) is 4.38. The summed E-state index contributed by atoms with van der Waals surface area (Å²) < 4.78 is 10.6. The summed E-state index contributed by atoms with van der Waals surface area (Å²) in [7, 11) is 3.36. The minimum Gasteiger partial charge on any atom is -0.497 e. The molecule has 19 heavy (non-hydrogen) atoms. The lowest BCUT2D eigenvalue weighted by Gasteiger charge is -2.20. The monoisotopic (exact) mass is 259 g/mol. The van der Waals surface area contributed by atoms with Crippen LogP contribution in [0.3, 0.4) is 0 Å². The van der Waals surface area contributed by atoms with E-state index in [9.17, 15) is 0 Å². The molecule has 1 fully saturated rings. The maximum absolute atomic E-state index is 5.41. The van der Waals surface area contributed by atoms with Crippen LogP contribution in [0.2, 0.25) is 0 Å². The molecule has 2 aliphatic rings. The van der Waals surface area contributed by atoms with Crippen LogP contribution in [0.25, 0.3) is 0 Å². The van der Waals surface area contributed by atoms with Crippen molar-refractivity contribution < 1.29 is 9.47 Å². The molecule has 0 heterocycles. The maximum atomic E-state index is 5.41. The van der Waals surface area contributed by atoms with E-state index in [2.05, 4.69) is 17.5 Å². The Hall–Kier alpha value is -1.64. The molecule has 0 aromatic heterocycles. The summed E-state index contributed by atoms with van der Waals surface area (Å²) in [6.45, 7) is 1.02. The zero-order chi connectivity index (χ0) is 13.2. The van der Waals surface area contributed by atoms with Crippen LogP contribution in [-0.2, 0) is 0 Å². The van der Waals surface area contributed by atoms with Crippen LogP contribution in [0, 0.1) is 17.8 Å². The minimum absolute atomic E-state index is 0.766. The molecule has 3 heteroatoms. The predicted molar refractivity (Wildman–Crippen MR) is 76.9 cm³/mol. The summed E-state index contributed by atoms with van der Waals surface area (Å²) in [4.78, 5) is 0. The molecule has 0 amide bonds. The first-order valence-electron chi connectivity index (χ1n) is 6.94. The van der Waals surface area contributed by atoms with Crippen molar-refractivity contribution in [3.63, 3.8) is 0 Å². The molecule has 0 radical (unpaired) electrons. The summed E-state index contributed by atoms with van der Waals surface area (Å²) >= 11 is 0. The van der Waals surface area contributed by atoms with Gasteiger partial charge in [0.05, 0.1) is 19.9 Å². The molecule has 3 rings (SSSR count). The fourth-order valence-electron chi connectivity index (χ4n) is 3.31. The summed E-state index contributed by atoms with van der Waals surface area (Å²) in [6.07, 6.45) is 7.46. The Morgan fingerprint density at radius 1 is 1.16 bits per heavy atom. The number of benzene rings is 1. The highest BCUT2D eigenvalue weighted by Gasteiger charge is 2.35. The molecule has 1 N–H and O–H groups in total. The first-order chi connectivity index (χ1) is 9.30. The van der Waals surface area contributed by atoms with Crippen molar-refractivity contribution in [2.45, 2.75) is 12.8 Å². The number of methoxy groups -OCH3 is 2. The van der Waals surface area contributed by atoms with Crippen LogP contribution in [0.15, 0.2) is 30.4 Å². The number of hydrogen-bond acceptors (Lipinski definition) is 3. The Bertz CT molecular complexity index is 484. The van der Waals surface area contributed by atoms with E-state index in [4.69, 9.17) is 9.47 Å². The van der Waals surface area contributed by atoms with E-state index in [0.717, 1.165) is 41.5 Å². The molecule has 1 aromatic rings. The Balaban J connectivity index is 1.65. The van der Waals surface area contributed by atoms with Gasteiger partial charge in [-0.15, -0.1) is 0 Å². The molecule has 102 valence electrons. The average molecular weight is 259 g/mol. The van der Waals surface area contributed by atoms with Crippen molar-refractivity contribution in [1.29, 1.82) is 0 Å². The van der Waals surface area contributed by atoms with Gasteiger partial charge in [0.1, 0.15) is 11.5 Å². The number of nitrogens with one attached hydrogen (secondary N) is 1. The Morgan fingerprint density at radius 2 is 2.05 bits per heavy atom. The van der Waals surface area contributed by atoms with Gasteiger partial charge in [-0.1, -0.05) is 12.2 Å². The van der Waals surface area contributed by atoms with Gasteiger partial charge in [-0.05, 0) is 42.7 Å². The molecular formula is C16H21NO2. The van der Waals surface area contributed by atoms with E-state index in [1.54, 1.807) is 14.2 Å². The second kappa shape index (κ2) is 5.16. The van der Waals surface area contributed by atoms with E-state index in [1.807, 2.05) is 18.2 Å². The Morgan fingerprint density at radius 3 is 2.68 bits per heavy atom. The van der Waals surface area contributed by atoms with Gasteiger partial charge in [-0.25, -0.2) is 0 Å². The molecule has 0 aliphatic heterocycles. The zero-order valence-electron chi connectivity index (χ0n) is 11.6. The Kier molecular flexibility index (Phi) is 3.36. The quantitative estimate of drug-likeness (QED) is 0.823. The second-order valence-electron chi connectivity index (χ2n) is 5.49. The highest BCUT2D eigenvalue weighted by Crippen LogP contribution is 2.43. The standard InChI is InChI=1S/C16H21NO2/c1-18-14-5-6-15(16(9-14)19-2)17-10-13-8-11-3-4-12(13)7-11/h3-6,9,11-13,17H,7-8,10H2,1-2H3. The lowest BCUT2D eigenvalue weighted by molar-refractivity contribution is 0.395. The normalized spacial score (nSPS) is 27.6. The highest BCUT2D eigenvalue weighted by molar-refractivity contribution is 5.59. The van der Waals surface area contributed by atoms with E-state index >= 15 is 0 Å². The van der Waals surface area contributed by atoms with E-state index in [-0.39, 0.29) is 0 Å². The Labute approximate surface area is 114 Å². The highest BCUT2D eigenvalue weighted by atomic mass is 16.5. The van der Waals surface area contributed by atoms with Crippen molar-refractivity contribution in [1.82, 2.24) is 0 Å². The van der Waals surface area contributed by atoms with Crippen LogP contribution in [-0.4, -0.2) is 20.8 Å². The SMILES string of the molecule is COc1ccc(NCC2CC3C=CC2C3)c(OC)c1. The van der Waals surface area contributed by atoms with Gasteiger partial charge in [-0.3, -0.25) is 0 Å². The fourth-order valence-corrected chi connectivity index (χ4v) is 3.31. The summed E-state index contributed by atoms with van der Waals surface area (Å²) in [5, 5.41) is 3.53. The van der Waals surface area contributed by atoms with Gasteiger partial charge in [0, 0.05) is 12.6 Å². The molecule has 2 bridgehead atoms. The van der Waals surface area contributed by atoms with Crippen molar-refractivity contribution in [2.24, 2.45) is 17.8 Å². The molecule has 1 aromatic carbocycles.